The molecule has 0 spiro atoms. The van der Waals surface area contributed by atoms with Crippen LogP contribution in [0.3, 0.4) is 0 Å². The van der Waals surface area contributed by atoms with E-state index < -0.39 is 5.82 Å². The standard InChI is InChI=1S/C13H17ClFNO2/c1-9-5-16-6-11(18-9)8-17-7-10-3-2-4-12(15)13(10)14/h2-4,9,11,16H,5-8H2,1H3. The van der Waals surface area contributed by atoms with Gasteiger partial charge in [-0.15, -0.1) is 0 Å². The SMILES string of the molecule is CC1CNCC(COCc2cccc(F)c2Cl)O1. The summed E-state index contributed by atoms with van der Waals surface area (Å²) in [7, 11) is 0. The van der Waals surface area contributed by atoms with Crippen LogP contribution in [-0.2, 0) is 16.1 Å². The molecule has 2 unspecified atom stereocenters. The van der Waals surface area contributed by atoms with Gasteiger partial charge < -0.3 is 14.8 Å². The Morgan fingerprint density at radius 3 is 3.11 bits per heavy atom. The van der Waals surface area contributed by atoms with E-state index in [4.69, 9.17) is 21.1 Å². The molecule has 0 aromatic heterocycles. The van der Waals surface area contributed by atoms with Crippen LogP contribution in [0.15, 0.2) is 18.2 Å². The van der Waals surface area contributed by atoms with Crippen LogP contribution in [0.4, 0.5) is 4.39 Å². The zero-order valence-electron chi connectivity index (χ0n) is 10.3. The van der Waals surface area contributed by atoms with Gasteiger partial charge in [-0.2, -0.15) is 0 Å². The van der Waals surface area contributed by atoms with Crippen molar-refractivity contribution in [1.82, 2.24) is 5.32 Å². The number of halogens is 2. The van der Waals surface area contributed by atoms with Gasteiger partial charge in [0.1, 0.15) is 5.82 Å². The number of hydrogen-bond acceptors (Lipinski definition) is 3. The maximum Gasteiger partial charge on any atom is 0.142 e. The van der Waals surface area contributed by atoms with E-state index in [1.54, 1.807) is 12.1 Å². The van der Waals surface area contributed by atoms with E-state index in [1.165, 1.54) is 6.07 Å². The molecule has 3 nitrogen and oxygen atoms in total. The lowest BCUT2D eigenvalue weighted by molar-refractivity contribution is -0.0716. The van der Waals surface area contributed by atoms with Gasteiger partial charge in [-0.05, 0) is 18.6 Å². The quantitative estimate of drug-likeness (QED) is 0.914. The number of benzene rings is 1. The summed E-state index contributed by atoms with van der Waals surface area (Å²) in [4.78, 5) is 0. The largest absolute Gasteiger partial charge is 0.374 e. The molecule has 18 heavy (non-hydrogen) atoms. The van der Waals surface area contributed by atoms with Crippen molar-refractivity contribution in [2.75, 3.05) is 19.7 Å². The second-order valence-electron chi connectivity index (χ2n) is 4.46. The number of ether oxygens (including phenoxy) is 2. The minimum atomic E-state index is -0.415. The van der Waals surface area contributed by atoms with Gasteiger partial charge in [0.05, 0.1) is 30.4 Å². The first-order valence-corrected chi connectivity index (χ1v) is 6.41. The molecule has 1 N–H and O–H groups in total. The van der Waals surface area contributed by atoms with E-state index >= 15 is 0 Å². The highest BCUT2D eigenvalue weighted by molar-refractivity contribution is 6.31. The van der Waals surface area contributed by atoms with Crippen molar-refractivity contribution in [2.45, 2.75) is 25.7 Å². The van der Waals surface area contributed by atoms with Crippen molar-refractivity contribution in [3.05, 3.63) is 34.6 Å². The predicted molar refractivity (Wildman–Crippen MR) is 68.3 cm³/mol. The minimum Gasteiger partial charge on any atom is -0.374 e. The Hall–Kier alpha value is -0.680. The fraction of sp³-hybridized carbons (Fsp3) is 0.538. The Balaban J connectivity index is 1.79. The van der Waals surface area contributed by atoms with Crippen molar-refractivity contribution in [2.24, 2.45) is 0 Å². The first-order valence-electron chi connectivity index (χ1n) is 6.03. The van der Waals surface area contributed by atoms with Crippen molar-refractivity contribution in [1.29, 1.82) is 0 Å². The van der Waals surface area contributed by atoms with Gasteiger partial charge in [0, 0.05) is 13.1 Å². The fourth-order valence-corrected chi connectivity index (χ4v) is 2.11. The van der Waals surface area contributed by atoms with E-state index in [0.29, 0.717) is 18.8 Å². The molecule has 2 atom stereocenters. The molecule has 2 rings (SSSR count). The van der Waals surface area contributed by atoms with Gasteiger partial charge in [-0.1, -0.05) is 23.7 Å². The lowest BCUT2D eigenvalue weighted by atomic mass is 10.2. The Morgan fingerprint density at radius 2 is 2.33 bits per heavy atom. The van der Waals surface area contributed by atoms with Crippen molar-refractivity contribution in [3.63, 3.8) is 0 Å². The Bertz CT molecular complexity index is 403. The van der Waals surface area contributed by atoms with E-state index in [1.807, 2.05) is 6.92 Å². The van der Waals surface area contributed by atoms with Crippen molar-refractivity contribution >= 4 is 11.6 Å². The molecule has 5 heteroatoms. The highest BCUT2D eigenvalue weighted by Crippen LogP contribution is 2.20. The molecule has 0 bridgehead atoms. The molecule has 1 aliphatic rings. The highest BCUT2D eigenvalue weighted by Gasteiger charge is 2.18. The topological polar surface area (TPSA) is 30.5 Å². The monoisotopic (exact) mass is 273 g/mol. The Morgan fingerprint density at radius 1 is 1.50 bits per heavy atom. The van der Waals surface area contributed by atoms with Crippen LogP contribution in [0.5, 0.6) is 0 Å². The molecular weight excluding hydrogens is 257 g/mol. The molecule has 1 fully saturated rings. The zero-order valence-corrected chi connectivity index (χ0v) is 11.0. The van der Waals surface area contributed by atoms with Gasteiger partial charge in [-0.25, -0.2) is 4.39 Å². The van der Waals surface area contributed by atoms with Crippen LogP contribution in [0.2, 0.25) is 5.02 Å². The summed E-state index contributed by atoms with van der Waals surface area (Å²) < 4.78 is 24.4. The van der Waals surface area contributed by atoms with Crippen LogP contribution >= 0.6 is 11.6 Å². The van der Waals surface area contributed by atoms with Crippen LogP contribution in [0.1, 0.15) is 12.5 Å². The first kappa shape index (κ1) is 13.7. The van der Waals surface area contributed by atoms with Gasteiger partial charge in [0.15, 0.2) is 0 Å². The summed E-state index contributed by atoms with van der Waals surface area (Å²) in [6.45, 7) is 4.44. The lowest BCUT2D eigenvalue weighted by Gasteiger charge is -2.28. The van der Waals surface area contributed by atoms with E-state index in [0.717, 1.165) is 13.1 Å². The fourth-order valence-electron chi connectivity index (χ4n) is 1.93. The van der Waals surface area contributed by atoms with Gasteiger partial charge in [-0.3, -0.25) is 0 Å². The number of hydrogen-bond donors (Lipinski definition) is 1. The van der Waals surface area contributed by atoms with Crippen LogP contribution in [0, 0.1) is 5.82 Å². The smallest absolute Gasteiger partial charge is 0.142 e. The summed E-state index contributed by atoms with van der Waals surface area (Å²) >= 11 is 5.84. The molecule has 0 saturated carbocycles. The van der Waals surface area contributed by atoms with Crippen LogP contribution in [-0.4, -0.2) is 31.9 Å². The normalized spacial score (nSPS) is 24.2. The molecular formula is C13H17ClFNO2. The summed E-state index contributed by atoms with van der Waals surface area (Å²) in [6.07, 6.45) is 0.242. The van der Waals surface area contributed by atoms with Gasteiger partial charge >= 0.3 is 0 Å². The zero-order chi connectivity index (χ0) is 13.0. The molecule has 1 heterocycles. The second-order valence-corrected chi connectivity index (χ2v) is 4.83. The average molecular weight is 274 g/mol. The number of rotatable bonds is 4. The van der Waals surface area contributed by atoms with E-state index in [2.05, 4.69) is 5.32 Å². The third-order valence-corrected chi connectivity index (χ3v) is 3.24. The third kappa shape index (κ3) is 3.65. The molecule has 1 aromatic carbocycles. The van der Waals surface area contributed by atoms with E-state index in [-0.39, 0.29) is 17.2 Å². The molecule has 0 aliphatic carbocycles. The molecule has 100 valence electrons. The molecule has 0 radical (unpaired) electrons. The van der Waals surface area contributed by atoms with Crippen LogP contribution < -0.4 is 5.32 Å². The lowest BCUT2D eigenvalue weighted by Crippen LogP contribution is -2.45. The molecule has 0 amide bonds. The first-order chi connectivity index (χ1) is 8.66. The van der Waals surface area contributed by atoms with Crippen molar-refractivity contribution < 1.29 is 13.9 Å². The van der Waals surface area contributed by atoms with Gasteiger partial charge in [0.25, 0.3) is 0 Å². The van der Waals surface area contributed by atoms with Gasteiger partial charge in [0.2, 0.25) is 0 Å². The average Bonchev–Trinajstić information content (AvgIpc) is 2.35. The maximum atomic E-state index is 13.2. The Kier molecular flexibility index (Phi) is 4.95. The van der Waals surface area contributed by atoms with Crippen LogP contribution in [0.25, 0.3) is 0 Å². The number of morpholine rings is 1. The molecule has 1 aromatic rings. The summed E-state index contributed by atoms with van der Waals surface area (Å²) in [5.74, 6) is -0.415. The summed E-state index contributed by atoms with van der Waals surface area (Å²) in [6, 6.07) is 4.72. The second kappa shape index (κ2) is 6.48. The minimum absolute atomic E-state index is 0.0427. The number of nitrogens with one attached hydrogen (secondary N) is 1. The van der Waals surface area contributed by atoms with Crippen molar-refractivity contribution in [3.8, 4) is 0 Å². The summed E-state index contributed by atoms with van der Waals surface area (Å²) in [5, 5.41) is 3.40. The summed E-state index contributed by atoms with van der Waals surface area (Å²) in [5.41, 5.74) is 0.661. The highest BCUT2D eigenvalue weighted by atomic mass is 35.5. The molecule has 1 saturated heterocycles. The molecule has 1 aliphatic heterocycles. The predicted octanol–water partition coefficient (Wildman–Crippen LogP) is 2.37. The Labute approximate surface area is 111 Å². The van der Waals surface area contributed by atoms with E-state index in [9.17, 15) is 4.39 Å². The maximum absolute atomic E-state index is 13.2. The third-order valence-electron chi connectivity index (χ3n) is 2.82.